The van der Waals surface area contributed by atoms with Crippen molar-refractivity contribution >= 4 is 5.97 Å². The summed E-state index contributed by atoms with van der Waals surface area (Å²) in [5, 5.41) is 9.39. The summed E-state index contributed by atoms with van der Waals surface area (Å²) in [6.45, 7) is 5.62. The molecule has 0 aliphatic carbocycles. The molecule has 2 aliphatic heterocycles. The van der Waals surface area contributed by atoms with E-state index < -0.39 is 11.4 Å². The third kappa shape index (κ3) is 2.86. The molecule has 2 rings (SSSR count). The van der Waals surface area contributed by atoms with Gasteiger partial charge in [-0.2, -0.15) is 0 Å². The van der Waals surface area contributed by atoms with Gasteiger partial charge in [-0.05, 0) is 51.6 Å². The Bertz CT molecular complexity index is 277. The van der Waals surface area contributed by atoms with Gasteiger partial charge in [0.25, 0.3) is 0 Å². The van der Waals surface area contributed by atoms with E-state index in [0.717, 1.165) is 58.4 Å². The maximum Gasteiger partial charge on any atom is 0.309 e. The number of carboxylic acid groups (broad SMARTS) is 1. The Labute approximate surface area is 109 Å². The molecule has 0 aromatic rings. The summed E-state index contributed by atoms with van der Waals surface area (Å²) in [4.78, 5) is 13.9. The van der Waals surface area contributed by atoms with Crippen molar-refractivity contribution in [2.75, 3.05) is 26.3 Å². The second-order valence-corrected chi connectivity index (χ2v) is 5.67. The predicted molar refractivity (Wildman–Crippen MR) is 69.6 cm³/mol. The zero-order valence-corrected chi connectivity index (χ0v) is 11.4. The fourth-order valence-corrected chi connectivity index (χ4v) is 3.29. The third-order valence-corrected chi connectivity index (χ3v) is 4.82. The van der Waals surface area contributed by atoms with E-state index in [-0.39, 0.29) is 0 Å². The van der Waals surface area contributed by atoms with Gasteiger partial charge in [0.15, 0.2) is 0 Å². The van der Waals surface area contributed by atoms with Crippen LogP contribution >= 0.6 is 0 Å². The topological polar surface area (TPSA) is 49.8 Å². The monoisotopic (exact) mass is 255 g/mol. The van der Waals surface area contributed by atoms with Crippen LogP contribution in [0.1, 0.15) is 45.4 Å². The lowest BCUT2D eigenvalue weighted by Crippen LogP contribution is -2.48. The summed E-state index contributed by atoms with van der Waals surface area (Å²) in [5.74, 6) is -0.603. The Hall–Kier alpha value is -0.610. The minimum Gasteiger partial charge on any atom is -0.481 e. The molecule has 0 amide bonds. The molecule has 0 bridgehead atoms. The number of hydrogen-bond acceptors (Lipinski definition) is 3. The van der Waals surface area contributed by atoms with E-state index in [1.807, 2.05) is 6.92 Å². The van der Waals surface area contributed by atoms with E-state index in [2.05, 4.69) is 4.90 Å². The number of rotatable bonds is 3. The molecular weight excluding hydrogens is 230 g/mol. The summed E-state index contributed by atoms with van der Waals surface area (Å²) >= 11 is 0. The summed E-state index contributed by atoms with van der Waals surface area (Å²) in [6, 6.07) is 0.608. The molecule has 18 heavy (non-hydrogen) atoms. The van der Waals surface area contributed by atoms with Crippen LogP contribution in [0.25, 0.3) is 0 Å². The maximum absolute atomic E-state index is 11.4. The van der Waals surface area contributed by atoms with Crippen molar-refractivity contribution in [2.45, 2.75) is 51.5 Å². The smallest absolute Gasteiger partial charge is 0.309 e. The third-order valence-electron chi connectivity index (χ3n) is 4.82. The first-order chi connectivity index (χ1) is 8.68. The first-order valence-corrected chi connectivity index (χ1v) is 7.23. The normalized spacial score (nSPS) is 29.7. The van der Waals surface area contributed by atoms with Gasteiger partial charge < -0.3 is 14.7 Å². The SMILES string of the molecule is CCC1(C(=O)O)CCN(C2CCCOCC2)CC1. The molecule has 2 fully saturated rings. The summed E-state index contributed by atoms with van der Waals surface area (Å²) < 4.78 is 5.50. The number of ether oxygens (including phenoxy) is 1. The lowest BCUT2D eigenvalue weighted by molar-refractivity contribution is -0.152. The number of likely N-dealkylation sites (tertiary alicyclic amines) is 1. The molecule has 4 heteroatoms. The fourth-order valence-electron chi connectivity index (χ4n) is 3.29. The van der Waals surface area contributed by atoms with Crippen molar-refractivity contribution in [3.05, 3.63) is 0 Å². The van der Waals surface area contributed by atoms with Crippen molar-refractivity contribution in [2.24, 2.45) is 5.41 Å². The standard InChI is InChI=1S/C14H25NO3/c1-2-14(13(16)17)6-8-15(9-7-14)12-4-3-10-18-11-5-12/h12H,2-11H2,1H3,(H,16,17). The number of piperidine rings is 1. The van der Waals surface area contributed by atoms with Crippen LogP contribution in [0.4, 0.5) is 0 Å². The lowest BCUT2D eigenvalue weighted by atomic mass is 9.76. The largest absolute Gasteiger partial charge is 0.481 e. The van der Waals surface area contributed by atoms with E-state index in [1.54, 1.807) is 0 Å². The Balaban J connectivity index is 1.90. The van der Waals surface area contributed by atoms with Crippen molar-refractivity contribution in [1.29, 1.82) is 0 Å². The summed E-state index contributed by atoms with van der Waals surface area (Å²) in [7, 11) is 0. The summed E-state index contributed by atoms with van der Waals surface area (Å²) in [6.07, 6.45) is 5.80. The lowest BCUT2D eigenvalue weighted by Gasteiger charge is -2.41. The highest BCUT2D eigenvalue weighted by atomic mass is 16.5. The molecule has 2 saturated heterocycles. The van der Waals surface area contributed by atoms with Crippen LogP contribution < -0.4 is 0 Å². The first kappa shape index (κ1) is 13.8. The van der Waals surface area contributed by atoms with Crippen LogP contribution in [0.3, 0.4) is 0 Å². The molecule has 4 nitrogen and oxygen atoms in total. The maximum atomic E-state index is 11.4. The molecule has 2 heterocycles. The van der Waals surface area contributed by atoms with Crippen LogP contribution in [-0.4, -0.2) is 48.3 Å². The Kier molecular flexibility index (Phi) is 4.62. The molecule has 1 unspecified atom stereocenters. The van der Waals surface area contributed by atoms with E-state index in [1.165, 1.54) is 6.42 Å². The van der Waals surface area contributed by atoms with Crippen molar-refractivity contribution in [1.82, 2.24) is 4.90 Å². The number of hydrogen-bond donors (Lipinski definition) is 1. The van der Waals surface area contributed by atoms with Gasteiger partial charge in [-0.25, -0.2) is 0 Å². The van der Waals surface area contributed by atoms with Gasteiger partial charge in [0.2, 0.25) is 0 Å². The van der Waals surface area contributed by atoms with Crippen LogP contribution in [0.15, 0.2) is 0 Å². The Morgan fingerprint density at radius 3 is 2.67 bits per heavy atom. The highest BCUT2D eigenvalue weighted by Crippen LogP contribution is 2.36. The molecule has 104 valence electrons. The average molecular weight is 255 g/mol. The van der Waals surface area contributed by atoms with Crippen LogP contribution in [-0.2, 0) is 9.53 Å². The van der Waals surface area contributed by atoms with Gasteiger partial charge in [-0.3, -0.25) is 4.79 Å². The molecular formula is C14H25NO3. The van der Waals surface area contributed by atoms with Gasteiger partial charge in [0, 0.05) is 19.3 Å². The second-order valence-electron chi connectivity index (χ2n) is 5.67. The number of carbonyl (C=O) groups is 1. The molecule has 0 radical (unpaired) electrons. The predicted octanol–water partition coefficient (Wildman–Crippen LogP) is 2.13. The van der Waals surface area contributed by atoms with Crippen LogP contribution in [0.5, 0.6) is 0 Å². The summed E-state index contributed by atoms with van der Waals surface area (Å²) in [5.41, 5.74) is -0.461. The van der Waals surface area contributed by atoms with Gasteiger partial charge in [-0.1, -0.05) is 6.92 Å². The highest BCUT2D eigenvalue weighted by molar-refractivity contribution is 5.74. The van der Waals surface area contributed by atoms with Crippen molar-refractivity contribution < 1.29 is 14.6 Å². The van der Waals surface area contributed by atoms with Crippen molar-refractivity contribution in [3.8, 4) is 0 Å². The zero-order valence-electron chi connectivity index (χ0n) is 11.4. The Morgan fingerprint density at radius 2 is 2.06 bits per heavy atom. The minimum absolute atomic E-state index is 0.461. The molecule has 0 spiro atoms. The molecule has 0 aromatic heterocycles. The fraction of sp³-hybridized carbons (Fsp3) is 0.929. The quantitative estimate of drug-likeness (QED) is 0.839. The van der Waals surface area contributed by atoms with Gasteiger partial charge >= 0.3 is 5.97 Å². The highest BCUT2D eigenvalue weighted by Gasteiger charge is 2.40. The van der Waals surface area contributed by atoms with E-state index in [0.29, 0.717) is 6.04 Å². The Morgan fingerprint density at radius 1 is 1.33 bits per heavy atom. The van der Waals surface area contributed by atoms with Crippen LogP contribution in [0, 0.1) is 5.41 Å². The zero-order chi connectivity index (χ0) is 13.0. The van der Waals surface area contributed by atoms with Crippen LogP contribution in [0.2, 0.25) is 0 Å². The average Bonchev–Trinajstić information content (AvgIpc) is 2.67. The second kappa shape index (κ2) is 6.02. The van der Waals surface area contributed by atoms with E-state index in [4.69, 9.17) is 4.74 Å². The van der Waals surface area contributed by atoms with Gasteiger partial charge in [0.05, 0.1) is 5.41 Å². The molecule has 2 aliphatic rings. The first-order valence-electron chi connectivity index (χ1n) is 7.23. The van der Waals surface area contributed by atoms with Gasteiger partial charge in [0.1, 0.15) is 0 Å². The van der Waals surface area contributed by atoms with Crippen molar-refractivity contribution in [3.63, 3.8) is 0 Å². The number of nitrogens with zero attached hydrogens (tertiary/aromatic N) is 1. The molecule has 1 N–H and O–H groups in total. The van der Waals surface area contributed by atoms with Gasteiger partial charge in [-0.15, -0.1) is 0 Å². The molecule has 1 atom stereocenters. The molecule has 0 saturated carbocycles. The molecule has 0 aromatic carbocycles. The number of aliphatic carboxylic acids is 1. The van der Waals surface area contributed by atoms with E-state index in [9.17, 15) is 9.90 Å². The minimum atomic E-state index is -0.603. The number of carboxylic acids is 1. The van der Waals surface area contributed by atoms with E-state index >= 15 is 0 Å².